The Bertz CT molecular complexity index is 659. The van der Waals surface area contributed by atoms with Gasteiger partial charge in [0.1, 0.15) is 11.4 Å². The Kier molecular flexibility index (Phi) is 4.66. The van der Waals surface area contributed by atoms with Crippen molar-refractivity contribution in [2.45, 2.75) is 43.5 Å². The van der Waals surface area contributed by atoms with Gasteiger partial charge in [-0.25, -0.2) is 9.18 Å². The average Bonchev–Trinajstić information content (AvgIpc) is 3.18. The van der Waals surface area contributed by atoms with Crippen molar-refractivity contribution in [1.82, 2.24) is 10.2 Å². The molecule has 1 heterocycles. The number of alkyl carbamates (subject to hydrolysis) is 1. The molecule has 8 heteroatoms. The second-order valence-electron chi connectivity index (χ2n) is 6.73. The molecule has 1 saturated carbocycles. The highest BCUT2D eigenvalue weighted by Crippen LogP contribution is 2.50. The number of rotatable bonds is 4. The van der Waals surface area contributed by atoms with Gasteiger partial charge in [0.2, 0.25) is 0 Å². The molecule has 25 heavy (non-hydrogen) atoms. The number of carbonyl (C=O) groups is 1. The maximum Gasteiger partial charge on any atom is 0.419 e. The first kappa shape index (κ1) is 18.0. The standard InChI is InChI=1S/C17H20F4N2O2/c1-23-8-2-3-12(23)10-22-15(24)25-16(6-7-16)11-4-5-14(18)13(9-11)17(19,20)21/h4-5,9,12H,2-3,6-8,10H2,1H3,(H,22,24)/t12-/m0/s1. The molecular weight excluding hydrogens is 340 g/mol. The number of carbonyl (C=O) groups excluding carboxylic acids is 1. The van der Waals surface area contributed by atoms with Crippen LogP contribution >= 0.6 is 0 Å². The Morgan fingerprint density at radius 3 is 2.68 bits per heavy atom. The normalized spacial score (nSPS) is 22.7. The summed E-state index contributed by atoms with van der Waals surface area (Å²) >= 11 is 0. The topological polar surface area (TPSA) is 41.6 Å². The van der Waals surface area contributed by atoms with E-state index in [1.54, 1.807) is 0 Å². The second kappa shape index (κ2) is 6.48. The van der Waals surface area contributed by atoms with E-state index in [0.717, 1.165) is 31.5 Å². The first-order valence-electron chi connectivity index (χ1n) is 8.26. The molecule has 1 atom stereocenters. The second-order valence-corrected chi connectivity index (χ2v) is 6.73. The zero-order valence-electron chi connectivity index (χ0n) is 13.8. The molecule has 0 bridgehead atoms. The van der Waals surface area contributed by atoms with Gasteiger partial charge in [-0.15, -0.1) is 0 Å². The molecule has 1 aromatic rings. The molecular formula is C17H20F4N2O2. The van der Waals surface area contributed by atoms with Crippen LogP contribution in [0.25, 0.3) is 0 Å². The lowest BCUT2D eigenvalue weighted by atomic mass is 10.0. The Labute approximate surface area is 143 Å². The highest BCUT2D eigenvalue weighted by Gasteiger charge is 2.50. The van der Waals surface area contributed by atoms with E-state index in [1.165, 1.54) is 6.07 Å². The minimum absolute atomic E-state index is 0.175. The third-order valence-electron chi connectivity index (χ3n) is 4.94. The van der Waals surface area contributed by atoms with Gasteiger partial charge < -0.3 is 15.0 Å². The van der Waals surface area contributed by atoms with Gasteiger partial charge in [0.25, 0.3) is 0 Å². The summed E-state index contributed by atoms with van der Waals surface area (Å²) in [5.41, 5.74) is -2.25. The van der Waals surface area contributed by atoms with Crippen LogP contribution in [0.3, 0.4) is 0 Å². The summed E-state index contributed by atoms with van der Waals surface area (Å²) in [6, 6.07) is 2.99. The lowest BCUT2D eigenvalue weighted by Crippen LogP contribution is -2.39. The summed E-state index contributed by atoms with van der Waals surface area (Å²) in [7, 11) is 1.98. The zero-order chi connectivity index (χ0) is 18.2. The smallest absolute Gasteiger partial charge is 0.419 e. The van der Waals surface area contributed by atoms with Gasteiger partial charge in [0.05, 0.1) is 5.56 Å². The number of amides is 1. The Morgan fingerprint density at radius 2 is 2.12 bits per heavy atom. The van der Waals surface area contributed by atoms with E-state index in [0.29, 0.717) is 19.4 Å². The van der Waals surface area contributed by atoms with Crippen LogP contribution in [-0.4, -0.2) is 37.2 Å². The molecule has 0 radical (unpaired) electrons. The van der Waals surface area contributed by atoms with Crippen LogP contribution < -0.4 is 5.32 Å². The number of nitrogens with zero attached hydrogens (tertiary/aromatic N) is 1. The first-order valence-corrected chi connectivity index (χ1v) is 8.26. The number of likely N-dealkylation sites (tertiary alicyclic amines) is 1. The number of halogens is 4. The van der Waals surface area contributed by atoms with Crippen LogP contribution in [-0.2, 0) is 16.5 Å². The van der Waals surface area contributed by atoms with Crippen molar-refractivity contribution in [3.05, 3.63) is 35.1 Å². The van der Waals surface area contributed by atoms with Gasteiger partial charge in [0.15, 0.2) is 0 Å². The van der Waals surface area contributed by atoms with Crippen molar-refractivity contribution < 1.29 is 27.1 Å². The molecule has 1 saturated heterocycles. The number of benzene rings is 1. The average molecular weight is 360 g/mol. The summed E-state index contributed by atoms with van der Waals surface area (Å²) in [5, 5.41) is 2.68. The van der Waals surface area contributed by atoms with E-state index in [1.807, 2.05) is 7.05 Å². The molecule has 1 aliphatic heterocycles. The van der Waals surface area contributed by atoms with Gasteiger partial charge >= 0.3 is 12.3 Å². The molecule has 0 unspecified atom stereocenters. The molecule has 4 nitrogen and oxygen atoms in total. The van der Waals surface area contributed by atoms with E-state index >= 15 is 0 Å². The van der Waals surface area contributed by atoms with Crippen molar-refractivity contribution in [3.8, 4) is 0 Å². The fraction of sp³-hybridized carbons (Fsp3) is 0.588. The van der Waals surface area contributed by atoms with Crippen LogP contribution in [0.2, 0.25) is 0 Å². The van der Waals surface area contributed by atoms with E-state index < -0.39 is 29.3 Å². The van der Waals surface area contributed by atoms with Crippen molar-refractivity contribution in [2.75, 3.05) is 20.1 Å². The monoisotopic (exact) mass is 360 g/mol. The molecule has 3 rings (SSSR count). The highest BCUT2D eigenvalue weighted by molar-refractivity contribution is 5.68. The molecule has 1 aromatic carbocycles. The van der Waals surface area contributed by atoms with Crippen molar-refractivity contribution in [3.63, 3.8) is 0 Å². The molecule has 1 amide bonds. The fourth-order valence-corrected chi connectivity index (χ4v) is 3.24. The van der Waals surface area contributed by atoms with Crippen LogP contribution in [0, 0.1) is 5.82 Å². The number of hydrogen-bond donors (Lipinski definition) is 1. The third-order valence-corrected chi connectivity index (χ3v) is 4.94. The predicted octanol–water partition coefficient (Wildman–Crippen LogP) is 3.65. The Balaban J connectivity index is 1.65. The van der Waals surface area contributed by atoms with Gasteiger partial charge in [-0.05, 0) is 57.0 Å². The molecule has 2 fully saturated rings. The molecule has 1 N–H and O–H groups in total. The molecule has 0 spiro atoms. The van der Waals surface area contributed by atoms with Crippen molar-refractivity contribution >= 4 is 6.09 Å². The number of ether oxygens (including phenoxy) is 1. The van der Waals surface area contributed by atoms with E-state index in [2.05, 4.69) is 10.2 Å². The SMILES string of the molecule is CN1CCC[C@H]1CNC(=O)OC1(c2ccc(F)c(C(F)(F)F)c2)CC1. The van der Waals surface area contributed by atoms with Crippen LogP contribution in [0.15, 0.2) is 18.2 Å². The lowest BCUT2D eigenvalue weighted by Gasteiger charge is -2.22. The number of hydrogen-bond acceptors (Lipinski definition) is 3. The Morgan fingerprint density at radius 1 is 1.40 bits per heavy atom. The summed E-state index contributed by atoms with van der Waals surface area (Å²) in [4.78, 5) is 14.2. The van der Waals surface area contributed by atoms with Gasteiger partial charge in [-0.1, -0.05) is 6.07 Å². The van der Waals surface area contributed by atoms with E-state index in [9.17, 15) is 22.4 Å². The van der Waals surface area contributed by atoms with Crippen LogP contribution in [0.5, 0.6) is 0 Å². The highest BCUT2D eigenvalue weighted by atomic mass is 19.4. The van der Waals surface area contributed by atoms with E-state index in [-0.39, 0.29) is 11.6 Å². The summed E-state index contributed by atoms with van der Waals surface area (Å²) in [5.74, 6) is -1.33. The van der Waals surface area contributed by atoms with Gasteiger partial charge in [0, 0.05) is 12.6 Å². The van der Waals surface area contributed by atoms with Crippen molar-refractivity contribution in [1.29, 1.82) is 0 Å². The van der Waals surface area contributed by atoms with Gasteiger partial charge in [-0.2, -0.15) is 13.2 Å². The number of nitrogens with one attached hydrogen (secondary N) is 1. The van der Waals surface area contributed by atoms with Crippen molar-refractivity contribution in [2.24, 2.45) is 0 Å². The summed E-state index contributed by atoms with van der Waals surface area (Å²) < 4.78 is 57.4. The minimum atomic E-state index is -4.79. The predicted molar refractivity (Wildman–Crippen MR) is 82.4 cm³/mol. The maximum atomic E-state index is 13.4. The molecule has 0 aromatic heterocycles. The van der Waals surface area contributed by atoms with E-state index in [4.69, 9.17) is 4.74 Å². The fourth-order valence-electron chi connectivity index (χ4n) is 3.24. The Hall–Kier alpha value is -1.83. The molecule has 2 aliphatic rings. The van der Waals surface area contributed by atoms with Gasteiger partial charge in [-0.3, -0.25) is 0 Å². The molecule has 138 valence electrons. The maximum absolute atomic E-state index is 13.4. The minimum Gasteiger partial charge on any atom is -0.438 e. The molecule has 1 aliphatic carbocycles. The largest absolute Gasteiger partial charge is 0.438 e. The lowest BCUT2D eigenvalue weighted by molar-refractivity contribution is -0.140. The quantitative estimate of drug-likeness (QED) is 0.834. The third kappa shape index (κ3) is 3.89. The van der Waals surface area contributed by atoms with Crippen LogP contribution in [0.4, 0.5) is 22.4 Å². The first-order chi connectivity index (χ1) is 11.7. The summed E-state index contributed by atoms with van der Waals surface area (Å²) in [6.45, 7) is 1.41. The summed E-state index contributed by atoms with van der Waals surface area (Å²) in [6.07, 6.45) is -2.55. The van der Waals surface area contributed by atoms with Crippen LogP contribution in [0.1, 0.15) is 36.8 Å². The number of alkyl halides is 3. The zero-order valence-corrected chi connectivity index (χ0v) is 13.8. The number of likely N-dealkylation sites (N-methyl/N-ethyl adjacent to an activating group) is 1.